The molecule has 1 N–H and O–H groups in total. The first-order valence-electron chi connectivity index (χ1n) is 3.91. The van der Waals surface area contributed by atoms with Gasteiger partial charge in [0.15, 0.2) is 0 Å². The first-order chi connectivity index (χ1) is 6.37. The first-order valence-corrected chi connectivity index (χ1v) is 5.43. The van der Waals surface area contributed by atoms with Crippen molar-refractivity contribution in [3.05, 3.63) is 0 Å². The van der Waals surface area contributed by atoms with Crippen molar-refractivity contribution in [1.82, 2.24) is 5.32 Å². The van der Waals surface area contributed by atoms with Crippen LogP contribution in [0.2, 0.25) is 0 Å². The predicted molar refractivity (Wildman–Crippen MR) is 51.4 cm³/mol. The Labute approximate surface area is 89.6 Å². The summed E-state index contributed by atoms with van der Waals surface area (Å²) in [6, 6.07) is 0. The summed E-state index contributed by atoms with van der Waals surface area (Å²) in [7, 11) is 0. The number of hydrogen-bond acceptors (Lipinski definition) is 2. The monoisotopic (exact) mass is 249 g/mol. The van der Waals surface area contributed by atoms with Crippen molar-refractivity contribution in [2.45, 2.75) is 12.4 Å². The molecule has 0 saturated heterocycles. The van der Waals surface area contributed by atoms with Gasteiger partial charge in [0.05, 0.1) is 0 Å². The van der Waals surface area contributed by atoms with Gasteiger partial charge in [-0.3, -0.25) is 4.79 Å². The van der Waals surface area contributed by atoms with Gasteiger partial charge in [-0.05, 0) is 11.8 Å². The van der Waals surface area contributed by atoms with Crippen LogP contribution in [0.5, 0.6) is 0 Å². The lowest BCUT2D eigenvalue weighted by atomic mass is 10.2. The Morgan fingerprint density at radius 1 is 1.57 bits per heavy atom. The quantitative estimate of drug-likeness (QED) is 0.598. The highest BCUT2D eigenvalue weighted by Gasteiger charge is 2.27. The second-order valence-corrected chi connectivity index (χ2v) is 4.11. The highest BCUT2D eigenvalue weighted by atomic mass is 35.5. The van der Waals surface area contributed by atoms with Crippen molar-refractivity contribution < 1.29 is 18.0 Å². The van der Waals surface area contributed by atoms with E-state index < -0.39 is 5.51 Å². The molecule has 0 aliphatic heterocycles. The van der Waals surface area contributed by atoms with Crippen LogP contribution in [0.1, 0.15) is 6.92 Å². The van der Waals surface area contributed by atoms with E-state index in [1.807, 2.05) is 0 Å². The normalized spacial score (nSPS) is 13.8. The Morgan fingerprint density at radius 3 is 2.57 bits per heavy atom. The highest BCUT2D eigenvalue weighted by Crippen LogP contribution is 2.29. The summed E-state index contributed by atoms with van der Waals surface area (Å²) in [4.78, 5) is 11.0. The van der Waals surface area contributed by atoms with Gasteiger partial charge in [0.2, 0.25) is 5.91 Å². The number of alkyl halides is 4. The van der Waals surface area contributed by atoms with Crippen LogP contribution in [0.15, 0.2) is 0 Å². The lowest BCUT2D eigenvalue weighted by molar-refractivity contribution is -0.123. The molecule has 0 radical (unpaired) electrons. The third-order valence-corrected chi connectivity index (χ3v) is 2.54. The number of halogens is 4. The van der Waals surface area contributed by atoms with Gasteiger partial charge in [-0.1, -0.05) is 6.92 Å². The zero-order chi connectivity index (χ0) is 11.2. The topological polar surface area (TPSA) is 29.1 Å². The summed E-state index contributed by atoms with van der Waals surface area (Å²) in [5.74, 6) is -0.696. The van der Waals surface area contributed by atoms with Crippen LogP contribution in [-0.2, 0) is 4.79 Å². The minimum absolute atomic E-state index is 0.00421. The van der Waals surface area contributed by atoms with E-state index in [-0.39, 0.29) is 41.8 Å². The van der Waals surface area contributed by atoms with Crippen LogP contribution in [-0.4, -0.2) is 29.6 Å². The maximum atomic E-state index is 11.6. The smallest absolute Gasteiger partial charge is 0.355 e. The Kier molecular flexibility index (Phi) is 6.35. The maximum Gasteiger partial charge on any atom is 0.441 e. The largest absolute Gasteiger partial charge is 0.441 e. The Balaban J connectivity index is 3.51. The molecule has 0 aromatic rings. The lowest BCUT2D eigenvalue weighted by Gasteiger charge is -2.09. The van der Waals surface area contributed by atoms with E-state index in [9.17, 15) is 18.0 Å². The molecule has 0 aromatic carbocycles. The van der Waals surface area contributed by atoms with E-state index in [1.165, 1.54) is 0 Å². The van der Waals surface area contributed by atoms with Crippen molar-refractivity contribution in [3.8, 4) is 0 Å². The van der Waals surface area contributed by atoms with Crippen LogP contribution < -0.4 is 5.32 Å². The third-order valence-electron chi connectivity index (χ3n) is 1.35. The minimum atomic E-state index is -4.23. The standard InChI is InChI=1S/C7H11ClF3NOS/c1-5(4-8)6(13)12-2-3-14-7(9,10)11/h5H,2-4H2,1H3,(H,12,13). The third kappa shape index (κ3) is 7.32. The lowest BCUT2D eigenvalue weighted by Crippen LogP contribution is -2.32. The number of carbonyl (C=O) groups is 1. The molecule has 1 unspecified atom stereocenters. The van der Waals surface area contributed by atoms with Gasteiger partial charge in [0, 0.05) is 24.1 Å². The fourth-order valence-corrected chi connectivity index (χ4v) is 1.16. The van der Waals surface area contributed by atoms with Gasteiger partial charge < -0.3 is 5.32 Å². The first kappa shape index (κ1) is 13.9. The molecule has 2 nitrogen and oxygen atoms in total. The van der Waals surface area contributed by atoms with Crippen molar-refractivity contribution in [3.63, 3.8) is 0 Å². The van der Waals surface area contributed by atoms with Gasteiger partial charge in [0.1, 0.15) is 0 Å². The molecule has 1 amide bonds. The van der Waals surface area contributed by atoms with Gasteiger partial charge in [-0.25, -0.2) is 0 Å². The van der Waals surface area contributed by atoms with Crippen molar-refractivity contribution in [1.29, 1.82) is 0 Å². The molecule has 0 aliphatic rings. The highest BCUT2D eigenvalue weighted by molar-refractivity contribution is 8.00. The number of nitrogens with one attached hydrogen (secondary N) is 1. The van der Waals surface area contributed by atoms with E-state index in [0.29, 0.717) is 0 Å². The predicted octanol–water partition coefficient (Wildman–Crippen LogP) is 2.23. The molecular weight excluding hydrogens is 239 g/mol. The molecule has 1 atom stereocenters. The van der Waals surface area contributed by atoms with Gasteiger partial charge >= 0.3 is 5.51 Å². The zero-order valence-electron chi connectivity index (χ0n) is 7.53. The average molecular weight is 250 g/mol. The summed E-state index contributed by atoms with van der Waals surface area (Å²) >= 11 is 5.23. The molecule has 0 bridgehead atoms. The molecule has 0 saturated carbocycles. The van der Waals surface area contributed by atoms with Gasteiger partial charge in [-0.2, -0.15) is 13.2 Å². The Bertz CT molecular complexity index is 188. The second-order valence-electron chi connectivity index (χ2n) is 2.64. The van der Waals surface area contributed by atoms with E-state index in [2.05, 4.69) is 5.32 Å². The number of rotatable bonds is 5. The molecule has 7 heteroatoms. The number of carbonyl (C=O) groups excluding carboxylic acids is 1. The molecule has 0 rings (SSSR count). The Morgan fingerprint density at radius 2 is 2.14 bits per heavy atom. The number of thioether (sulfide) groups is 1. The second kappa shape index (κ2) is 6.40. The van der Waals surface area contributed by atoms with E-state index >= 15 is 0 Å². The van der Waals surface area contributed by atoms with Crippen LogP contribution >= 0.6 is 23.4 Å². The average Bonchev–Trinajstić information content (AvgIpc) is 2.09. The Hall–Kier alpha value is -0.100. The van der Waals surface area contributed by atoms with Crippen LogP contribution in [0, 0.1) is 5.92 Å². The molecular formula is C7H11ClF3NOS. The van der Waals surface area contributed by atoms with Crippen LogP contribution in [0.4, 0.5) is 13.2 Å². The van der Waals surface area contributed by atoms with Crippen molar-refractivity contribution in [2.75, 3.05) is 18.2 Å². The van der Waals surface area contributed by atoms with E-state index in [4.69, 9.17) is 11.6 Å². The minimum Gasteiger partial charge on any atom is -0.355 e. The van der Waals surface area contributed by atoms with E-state index in [0.717, 1.165) is 0 Å². The maximum absolute atomic E-state index is 11.6. The molecule has 84 valence electrons. The van der Waals surface area contributed by atoms with Crippen LogP contribution in [0.25, 0.3) is 0 Å². The summed E-state index contributed by atoms with van der Waals surface area (Å²) in [5, 5.41) is 2.36. The number of amides is 1. The van der Waals surface area contributed by atoms with Gasteiger partial charge in [-0.15, -0.1) is 11.6 Å². The number of hydrogen-bond donors (Lipinski definition) is 1. The zero-order valence-corrected chi connectivity index (χ0v) is 9.10. The summed E-state index contributed by atoms with van der Waals surface area (Å²) in [5.41, 5.74) is -4.23. The molecule has 0 aromatic heterocycles. The molecule has 0 spiro atoms. The van der Waals surface area contributed by atoms with E-state index in [1.54, 1.807) is 6.92 Å². The molecule has 14 heavy (non-hydrogen) atoms. The fourth-order valence-electron chi connectivity index (χ4n) is 0.585. The molecule has 0 heterocycles. The van der Waals surface area contributed by atoms with Gasteiger partial charge in [0.25, 0.3) is 0 Å². The fraction of sp³-hybridized carbons (Fsp3) is 0.857. The molecule has 0 aliphatic carbocycles. The summed E-state index contributed by atoms with van der Waals surface area (Å²) in [6.07, 6.45) is 0. The van der Waals surface area contributed by atoms with Crippen molar-refractivity contribution in [2.24, 2.45) is 5.92 Å². The van der Waals surface area contributed by atoms with Crippen molar-refractivity contribution >= 4 is 29.3 Å². The summed E-state index contributed by atoms with van der Waals surface area (Å²) in [6.45, 7) is 1.61. The SMILES string of the molecule is CC(CCl)C(=O)NCCSC(F)(F)F. The molecule has 0 fully saturated rings. The summed E-state index contributed by atoms with van der Waals surface area (Å²) < 4.78 is 34.9. The van der Waals surface area contributed by atoms with Crippen LogP contribution in [0.3, 0.4) is 0 Å².